The fourth-order valence-electron chi connectivity index (χ4n) is 1.99. The lowest BCUT2D eigenvalue weighted by atomic mass is 10.2. The fourth-order valence-corrected chi connectivity index (χ4v) is 1.99. The van der Waals surface area contributed by atoms with Crippen molar-refractivity contribution in [2.24, 2.45) is 0 Å². The predicted octanol–water partition coefficient (Wildman–Crippen LogP) is 1.76. The number of para-hydroxylation sites is 1. The van der Waals surface area contributed by atoms with Crippen LogP contribution in [0.4, 0.5) is 0 Å². The minimum Gasteiger partial charge on any atom is -0.335 e. The molecule has 2 aromatic rings. The zero-order chi connectivity index (χ0) is 11.7. The highest BCUT2D eigenvalue weighted by Crippen LogP contribution is 2.24. The van der Waals surface area contributed by atoms with Crippen LogP contribution in [0.2, 0.25) is 0 Å². The number of amides is 1. The molecule has 0 aliphatic carbocycles. The Hall–Kier alpha value is -1.81. The van der Waals surface area contributed by atoms with E-state index in [1.54, 1.807) is 5.48 Å². The van der Waals surface area contributed by atoms with Gasteiger partial charge in [0.25, 0.3) is 5.91 Å². The highest BCUT2D eigenvalue weighted by molar-refractivity contribution is 5.87. The number of rotatable bonds is 2. The van der Waals surface area contributed by atoms with E-state index in [0.717, 1.165) is 16.6 Å². The molecule has 0 aliphatic heterocycles. The van der Waals surface area contributed by atoms with E-state index in [0.29, 0.717) is 0 Å². The van der Waals surface area contributed by atoms with Crippen molar-refractivity contribution in [2.75, 3.05) is 0 Å². The third-order valence-corrected chi connectivity index (χ3v) is 2.97. The summed E-state index contributed by atoms with van der Waals surface area (Å²) in [5.41, 5.74) is 4.88. The molecule has 0 bridgehead atoms. The summed E-state index contributed by atoms with van der Waals surface area (Å²) in [6, 6.07) is 7.92. The third kappa shape index (κ3) is 1.57. The van der Waals surface area contributed by atoms with Gasteiger partial charge in [0.2, 0.25) is 0 Å². The second-order valence-electron chi connectivity index (χ2n) is 3.85. The first-order valence-electron chi connectivity index (χ1n) is 5.12. The van der Waals surface area contributed by atoms with E-state index in [-0.39, 0.29) is 6.54 Å². The second kappa shape index (κ2) is 3.98. The van der Waals surface area contributed by atoms with Gasteiger partial charge in [0.1, 0.15) is 6.54 Å². The molecule has 0 radical (unpaired) electrons. The molecular weight excluding hydrogens is 204 g/mol. The summed E-state index contributed by atoms with van der Waals surface area (Å²) in [4.78, 5) is 11.2. The van der Waals surface area contributed by atoms with Gasteiger partial charge < -0.3 is 4.57 Å². The van der Waals surface area contributed by atoms with E-state index in [1.165, 1.54) is 5.56 Å². The molecule has 0 spiro atoms. The van der Waals surface area contributed by atoms with Crippen LogP contribution < -0.4 is 5.48 Å². The third-order valence-electron chi connectivity index (χ3n) is 2.97. The maximum absolute atomic E-state index is 11.2. The van der Waals surface area contributed by atoms with E-state index >= 15 is 0 Å². The van der Waals surface area contributed by atoms with Gasteiger partial charge in [-0.2, -0.15) is 0 Å². The number of carbonyl (C=O) groups excluding carboxylic acids is 1. The van der Waals surface area contributed by atoms with Crippen LogP contribution in [0.3, 0.4) is 0 Å². The molecule has 0 atom stereocenters. The Balaban J connectivity index is 2.59. The molecule has 1 amide bonds. The lowest BCUT2D eigenvalue weighted by Gasteiger charge is -2.06. The zero-order valence-corrected chi connectivity index (χ0v) is 9.32. The Morgan fingerprint density at radius 1 is 1.38 bits per heavy atom. The molecule has 0 fully saturated rings. The van der Waals surface area contributed by atoms with Gasteiger partial charge >= 0.3 is 0 Å². The number of nitrogens with zero attached hydrogens (tertiary/aromatic N) is 1. The van der Waals surface area contributed by atoms with Crippen molar-refractivity contribution in [3.8, 4) is 0 Å². The first kappa shape index (κ1) is 10.7. The summed E-state index contributed by atoms with van der Waals surface area (Å²) < 4.78 is 1.90. The fraction of sp³-hybridized carbons (Fsp3) is 0.250. The van der Waals surface area contributed by atoms with Gasteiger partial charge in [-0.1, -0.05) is 18.2 Å². The number of fused-ring (bicyclic) bond motifs is 1. The van der Waals surface area contributed by atoms with Crippen LogP contribution in [0, 0.1) is 13.8 Å². The van der Waals surface area contributed by atoms with Crippen molar-refractivity contribution in [1.82, 2.24) is 10.0 Å². The van der Waals surface area contributed by atoms with Crippen molar-refractivity contribution in [3.05, 3.63) is 35.5 Å². The lowest BCUT2D eigenvalue weighted by molar-refractivity contribution is -0.129. The summed E-state index contributed by atoms with van der Waals surface area (Å²) in [6.45, 7) is 4.14. The Kier molecular flexibility index (Phi) is 2.66. The number of benzene rings is 1. The molecule has 4 heteroatoms. The van der Waals surface area contributed by atoms with E-state index < -0.39 is 5.91 Å². The van der Waals surface area contributed by atoms with Gasteiger partial charge in [-0.15, -0.1) is 0 Å². The normalized spacial score (nSPS) is 10.7. The second-order valence-corrected chi connectivity index (χ2v) is 3.85. The first-order valence-corrected chi connectivity index (χ1v) is 5.12. The SMILES string of the molecule is Cc1c(C)n(CC(=O)NO)c2ccccc12. The molecule has 0 unspecified atom stereocenters. The summed E-state index contributed by atoms with van der Waals surface area (Å²) in [7, 11) is 0. The molecule has 1 heterocycles. The number of nitrogens with one attached hydrogen (secondary N) is 1. The highest BCUT2D eigenvalue weighted by Gasteiger charge is 2.12. The molecule has 16 heavy (non-hydrogen) atoms. The number of aromatic nitrogens is 1. The lowest BCUT2D eigenvalue weighted by Crippen LogP contribution is -2.24. The minimum atomic E-state index is -0.413. The molecule has 0 saturated carbocycles. The molecule has 0 saturated heterocycles. The standard InChI is InChI=1S/C12H14N2O2/c1-8-9(2)14(7-12(15)13-16)11-6-4-3-5-10(8)11/h3-6,16H,7H2,1-2H3,(H,13,15). The first-order chi connectivity index (χ1) is 7.65. The Labute approximate surface area is 93.5 Å². The van der Waals surface area contributed by atoms with E-state index in [1.807, 2.05) is 42.7 Å². The quantitative estimate of drug-likeness (QED) is 0.596. The van der Waals surface area contributed by atoms with E-state index in [2.05, 4.69) is 0 Å². The number of carbonyl (C=O) groups is 1. The largest absolute Gasteiger partial charge is 0.335 e. The topological polar surface area (TPSA) is 54.3 Å². The summed E-state index contributed by atoms with van der Waals surface area (Å²) in [5, 5.41) is 9.70. The number of aryl methyl sites for hydroxylation is 1. The van der Waals surface area contributed by atoms with Crippen molar-refractivity contribution in [1.29, 1.82) is 0 Å². The van der Waals surface area contributed by atoms with Gasteiger partial charge in [0.05, 0.1) is 0 Å². The van der Waals surface area contributed by atoms with Crippen LogP contribution in [0.25, 0.3) is 10.9 Å². The van der Waals surface area contributed by atoms with Crippen LogP contribution in [0.15, 0.2) is 24.3 Å². The summed E-state index contributed by atoms with van der Waals surface area (Å²) in [6.07, 6.45) is 0. The van der Waals surface area contributed by atoms with Crippen molar-refractivity contribution in [3.63, 3.8) is 0 Å². The molecular formula is C12H14N2O2. The van der Waals surface area contributed by atoms with Gasteiger partial charge in [-0.25, -0.2) is 5.48 Å². The van der Waals surface area contributed by atoms with Gasteiger partial charge in [-0.05, 0) is 25.5 Å². The van der Waals surface area contributed by atoms with Crippen molar-refractivity contribution >= 4 is 16.8 Å². The summed E-state index contributed by atoms with van der Waals surface area (Å²) >= 11 is 0. The average molecular weight is 218 g/mol. The van der Waals surface area contributed by atoms with Crippen LogP contribution in [-0.2, 0) is 11.3 Å². The number of hydrogen-bond donors (Lipinski definition) is 2. The maximum Gasteiger partial charge on any atom is 0.263 e. The zero-order valence-electron chi connectivity index (χ0n) is 9.32. The molecule has 1 aromatic heterocycles. The van der Waals surface area contributed by atoms with Crippen LogP contribution >= 0.6 is 0 Å². The van der Waals surface area contributed by atoms with Crippen molar-refractivity contribution < 1.29 is 10.0 Å². The van der Waals surface area contributed by atoms with Crippen LogP contribution in [0.1, 0.15) is 11.3 Å². The molecule has 1 aromatic carbocycles. The van der Waals surface area contributed by atoms with Gasteiger partial charge in [0, 0.05) is 16.6 Å². The smallest absolute Gasteiger partial charge is 0.263 e. The molecule has 2 rings (SSSR count). The Bertz CT molecular complexity index is 543. The minimum absolute atomic E-state index is 0.136. The average Bonchev–Trinajstić information content (AvgIpc) is 2.55. The Morgan fingerprint density at radius 2 is 2.06 bits per heavy atom. The number of hydrogen-bond acceptors (Lipinski definition) is 2. The summed E-state index contributed by atoms with van der Waals surface area (Å²) in [5.74, 6) is -0.413. The monoisotopic (exact) mass is 218 g/mol. The molecule has 0 aliphatic rings. The molecule has 2 N–H and O–H groups in total. The molecule has 84 valence electrons. The van der Waals surface area contributed by atoms with Crippen LogP contribution in [0.5, 0.6) is 0 Å². The van der Waals surface area contributed by atoms with Gasteiger partial charge in [0.15, 0.2) is 0 Å². The number of hydroxylamine groups is 1. The van der Waals surface area contributed by atoms with E-state index in [4.69, 9.17) is 5.21 Å². The maximum atomic E-state index is 11.2. The highest BCUT2D eigenvalue weighted by atomic mass is 16.5. The predicted molar refractivity (Wildman–Crippen MR) is 61.3 cm³/mol. The molecule has 4 nitrogen and oxygen atoms in total. The van der Waals surface area contributed by atoms with E-state index in [9.17, 15) is 4.79 Å². The van der Waals surface area contributed by atoms with Crippen LogP contribution in [-0.4, -0.2) is 15.7 Å². The van der Waals surface area contributed by atoms with Gasteiger partial charge in [-0.3, -0.25) is 10.0 Å². The Morgan fingerprint density at radius 3 is 2.75 bits per heavy atom. The van der Waals surface area contributed by atoms with Crippen molar-refractivity contribution in [2.45, 2.75) is 20.4 Å².